The van der Waals surface area contributed by atoms with Crippen LogP contribution in [-0.2, 0) is 29.4 Å². The van der Waals surface area contributed by atoms with Crippen LogP contribution in [0.1, 0.15) is 17.2 Å². The van der Waals surface area contributed by atoms with Gasteiger partial charge in [0.1, 0.15) is 6.04 Å². The maximum Gasteiger partial charge on any atom is 0.328 e. The molecule has 140 valence electrons. The molecular weight excluding hydrogens is 378 g/mol. The van der Waals surface area contributed by atoms with Crippen molar-refractivity contribution in [1.29, 1.82) is 0 Å². The summed E-state index contributed by atoms with van der Waals surface area (Å²) in [5.74, 6) is -0.781. The van der Waals surface area contributed by atoms with Gasteiger partial charge >= 0.3 is 5.97 Å². The van der Waals surface area contributed by atoms with Crippen molar-refractivity contribution in [1.82, 2.24) is 4.72 Å². The molecule has 0 saturated carbocycles. The van der Waals surface area contributed by atoms with Gasteiger partial charge in [0.15, 0.2) is 9.84 Å². The Kier molecular flexibility index (Phi) is 5.84. The number of hydrogen-bond acceptors (Lipinski definition) is 6. The molecule has 0 bridgehead atoms. The maximum atomic E-state index is 12.8. The Morgan fingerprint density at radius 1 is 1.04 bits per heavy atom. The lowest BCUT2D eigenvalue weighted by Crippen LogP contribution is -2.35. The molecule has 0 aliphatic heterocycles. The normalized spacial score (nSPS) is 13.2. The number of methoxy groups -OCH3 is 1. The molecule has 9 heteroatoms. The van der Waals surface area contributed by atoms with E-state index in [1.807, 2.05) is 0 Å². The Bertz CT molecular complexity index is 1010. The van der Waals surface area contributed by atoms with Crippen LogP contribution < -0.4 is 4.72 Å². The summed E-state index contributed by atoms with van der Waals surface area (Å²) in [5, 5.41) is 0. The van der Waals surface area contributed by atoms with Crippen molar-refractivity contribution in [2.24, 2.45) is 0 Å². The van der Waals surface area contributed by atoms with Crippen LogP contribution in [0.3, 0.4) is 0 Å². The summed E-state index contributed by atoms with van der Waals surface area (Å²) in [6.07, 6.45) is 0.989. The number of benzene rings is 2. The number of carbonyl (C=O) groups is 1. The highest BCUT2D eigenvalue weighted by molar-refractivity contribution is 7.91. The third-order valence-electron chi connectivity index (χ3n) is 3.72. The van der Waals surface area contributed by atoms with Crippen LogP contribution in [0.5, 0.6) is 0 Å². The summed E-state index contributed by atoms with van der Waals surface area (Å²) >= 11 is 0. The van der Waals surface area contributed by atoms with E-state index in [9.17, 15) is 21.6 Å². The summed E-state index contributed by atoms with van der Waals surface area (Å²) in [6.45, 7) is 1.54. The van der Waals surface area contributed by atoms with Crippen LogP contribution in [0.4, 0.5) is 0 Å². The fraction of sp³-hybridized carbons (Fsp3) is 0.235. The molecule has 0 saturated heterocycles. The molecule has 0 heterocycles. The molecule has 0 aliphatic carbocycles. The van der Waals surface area contributed by atoms with Crippen molar-refractivity contribution >= 4 is 25.8 Å². The molecule has 0 amide bonds. The summed E-state index contributed by atoms with van der Waals surface area (Å²) in [6, 6.07) is 10.8. The van der Waals surface area contributed by atoms with E-state index in [0.717, 1.165) is 19.4 Å². The highest BCUT2D eigenvalue weighted by atomic mass is 32.2. The Hall–Kier alpha value is -2.23. The van der Waals surface area contributed by atoms with Crippen LogP contribution >= 0.6 is 0 Å². The van der Waals surface area contributed by atoms with E-state index in [0.29, 0.717) is 11.1 Å². The summed E-state index contributed by atoms with van der Waals surface area (Å²) in [4.78, 5) is 11.7. The Morgan fingerprint density at radius 3 is 2.19 bits per heavy atom. The van der Waals surface area contributed by atoms with Gasteiger partial charge < -0.3 is 4.74 Å². The number of ether oxygens (including phenoxy) is 1. The van der Waals surface area contributed by atoms with Crippen LogP contribution in [-0.4, -0.2) is 36.2 Å². The predicted octanol–water partition coefficient (Wildman–Crippen LogP) is 1.59. The quantitative estimate of drug-likeness (QED) is 0.742. The van der Waals surface area contributed by atoms with Crippen molar-refractivity contribution < 1.29 is 26.4 Å². The topological polar surface area (TPSA) is 107 Å². The second-order valence-electron chi connectivity index (χ2n) is 5.69. The first-order valence-corrected chi connectivity index (χ1v) is 10.9. The number of esters is 1. The van der Waals surface area contributed by atoms with Gasteiger partial charge in [0.05, 0.1) is 16.9 Å². The maximum absolute atomic E-state index is 12.8. The molecule has 26 heavy (non-hydrogen) atoms. The van der Waals surface area contributed by atoms with Gasteiger partial charge in [-0.25, -0.2) is 21.6 Å². The van der Waals surface area contributed by atoms with Gasteiger partial charge in [0.2, 0.25) is 10.0 Å². The summed E-state index contributed by atoms with van der Waals surface area (Å²) in [5.41, 5.74) is 0.751. The van der Waals surface area contributed by atoms with E-state index in [2.05, 4.69) is 4.72 Å². The summed E-state index contributed by atoms with van der Waals surface area (Å²) in [7, 11) is -6.62. The zero-order valence-corrected chi connectivity index (χ0v) is 16.1. The zero-order chi connectivity index (χ0) is 19.5. The lowest BCUT2D eigenvalue weighted by Gasteiger charge is -2.18. The van der Waals surface area contributed by atoms with E-state index < -0.39 is 31.9 Å². The molecule has 0 aliphatic rings. The number of nitrogens with one attached hydrogen (secondary N) is 1. The third-order valence-corrected chi connectivity index (χ3v) is 6.40. The first-order chi connectivity index (χ1) is 12.1. The zero-order valence-electron chi connectivity index (χ0n) is 14.5. The van der Waals surface area contributed by atoms with Crippen molar-refractivity contribution in [3.63, 3.8) is 0 Å². The minimum Gasteiger partial charge on any atom is -0.468 e. The van der Waals surface area contributed by atoms with Gasteiger partial charge in [0.25, 0.3) is 0 Å². The minimum absolute atomic E-state index is 0.127. The van der Waals surface area contributed by atoms with Crippen LogP contribution in [0, 0.1) is 6.92 Å². The molecule has 1 atom stereocenters. The monoisotopic (exact) mass is 397 g/mol. The van der Waals surface area contributed by atoms with E-state index in [1.54, 1.807) is 30.3 Å². The molecule has 2 rings (SSSR count). The standard InChI is InChI=1S/C17H19NO6S2/c1-12-9-10-14(25(3,20)21)11-15(12)26(22,23)18-16(17(19)24-2)13-7-5-4-6-8-13/h4-11,16,18H,1-3H3. The first-order valence-electron chi connectivity index (χ1n) is 7.52. The fourth-order valence-corrected chi connectivity index (χ4v) is 4.50. The van der Waals surface area contributed by atoms with Gasteiger partial charge in [-0.05, 0) is 30.2 Å². The third kappa shape index (κ3) is 4.48. The van der Waals surface area contributed by atoms with Crippen molar-refractivity contribution in [3.8, 4) is 0 Å². The first kappa shape index (κ1) is 20.1. The van der Waals surface area contributed by atoms with Crippen LogP contribution in [0.15, 0.2) is 58.3 Å². The SMILES string of the molecule is COC(=O)C(NS(=O)(=O)c1cc(S(C)(=O)=O)ccc1C)c1ccccc1. The van der Waals surface area contributed by atoms with Gasteiger partial charge in [-0.3, -0.25) is 0 Å². The Labute approximate surface area is 153 Å². The van der Waals surface area contributed by atoms with E-state index in [-0.39, 0.29) is 9.79 Å². The lowest BCUT2D eigenvalue weighted by molar-refractivity contribution is -0.142. The van der Waals surface area contributed by atoms with Gasteiger partial charge in [-0.2, -0.15) is 4.72 Å². The molecule has 1 N–H and O–H groups in total. The largest absolute Gasteiger partial charge is 0.468 e. The van der Waals surface area contributed by atoms with Crippen molar-refractivity contribution in [2.45, 2.75) is 22.8 Å². The van der Waals surface area contributed by atoms with E-state index >= 15 is 0 Å². The van der Waals surface area contributed by atoms with Crippen LogP contribution in [0.25, 0.3) is 0 Å². The lowest BCUT2D eigenvalue weighted by atomic mass is 10.1. The molecule has 0 radical (unpaired) electrons. The molecule has 7 nitrogen and oxygen atoms in total. The molecule has 2 aromatic carbocycles. The fourth-order valence-electron chi connectivity index (χ4n) is 2.33. The van der Waals surface area contributed by atoms with Gasteiger partial charge in [0, 0.05) is 6.26 Å². The predicted molar refractivity (Wildman–Crippen MR) is 95.8 cm³/mol. The van der Waals surface area contributed by atoms with E-state index in [4.69, 9.17) is 4.74 Å². The number of sulfonamides is 1. The van der Waals surface area contributed by atoms with Crippen LogP contribution in [0.2, 0.25) is 0 Å². The molecule has 0 spiro atoms. The Morgan fingerprint density at radius 2 is 1.65 bits per heavy atom. The molecule has 2 aromatic rings. The number of hydrogen-bond donors (Lipinski definition) is 1. The van der Waals surface area contributed by atoms with Gasteiger partial charge in [-0.15, -0.1) is 0 Å². The molecule has 0 fully saturated rings. The second-order valence-corrected chi connectivity index (χ2v) is 9.39. The Balaban J connectivity index is 2.51. The highest BCUT2D eigenvalue weighted by Gasteiger charge is 2.29. The average Bonchev–Trinajstić information content (AvgIpc) is 2.59. The summed E-state index contributed by atoms with van der Waals surface area (Å²) < 4.78 is 56.1. The number of sulfone groups is 1. The molecule has 0 aromatic heterocycles. The van der Waals surface area contributed by atoms with E-state index in [1.165, 1.54) is 19.1 Å². The number of rotatable bonds is 6. The molecule has 1 unspecified atom stereocenters. The number of aryl methyl sites for hydroxylation is 1. The second kappa shape index (κ2) is 7.56. The smallest absolute Gasteiger partial charge is 0.328 e. The van der Waals surface area contributed by atoms with Crippen molar-refractivity contribution in [2.75, 3.05) is 13.4 Å². The highest BCUT2D eigenvalue weighted by Crippen LogP contribution is 2.23. The number of carbonyl (C=O) groups excluding carboxylic acids is 1. The van der Waals surface area contributed by atoms with Gasteiger partial charge in [-0.1, -0.05) is 36.4 Å². The van der Waals surface area contributed by atoms with Crippen molar-refractivity contribution in [3.05, 3.63) is 59.7 Å². The average molecular weight is 397 g/mol. The molecular formula is C17H19NO6S2. The minimum atomic E-state index is -4.19.